The van der Waals surface area contributed by atoms with Gasteiger partial charge in [0.1, 0.15) is 11.2 Å². The minimum absolute atomic E-state index is 0.256. The second kappa shape index (κ2) is 17.1. The number of fused-ring (bicyclic) bond motifs is 6. The van der Waals surface area contributed by atoms with E-state index in [2.05, 4.69) is 207 Å². The van der Waals surface area contributed by atoms with Crippen molar-refractivity contribution in [2.24, 2.45) is 0 Å². The molecule has 14 rings (SSSR count). The first kappa shape index (κ1) is 43.2. The summed E-state index contributed by atoms with van der Waals surface area (Å²) in [6, 6.07) is 63.7. The molecule has 4 heteroatoms. The molecule has 0 aliphatic heterocycles. The van der Waals surface area contributed by atoms with E-state index in [4.69, 9.17) is 8.83 Å². The number of benzene rings is 10. The van der Waals surface area contributed by atoms with Crippen LogP contribution in [0.4, 0.5) is 34.1 Å². The molecule has 0 amide bonds. The summed E-state index contributed by atoms with van der Waals surface area (Å²) >= 11 is 0. The molecule has 354 valence electrons. The van der Waals surface area contributed by atoms with Crippen molar-refractivity contribution in [3.8, 4) is 0 Å². The Morgan fingerprint density at radius 1 is 0.375 bits per heavy atom. The van der Waals surface area contributed by atoms with E-state index < -0.39 is 0 Å². The molecular weight excluding hydrogens is 877 g/mol. The van der Waals surface area contributed by atoms with Crippen molar-refractivity contribution >= 4 is 110 Å². The van der Waals surface area contributed by atoms with Crippen LogP contribution < -0.4 is 9.80 Å². The largest absolute Gasteiger partial charge is 0.454 e. The van der Waals surface area contributed by atoms with Gasteiger partial charge in [0.2, 0.25) is 0 Å². The Balaban J connectivity index is 1.12. The fraction of sp³-hybridized carbons (Fsp3) is 0.235. The predicted octanol–water partition coefficient (Wildman–Crippen LogP) is 20.9. The maximum Gasteiger partial charge on any atom is 0.159 e. The average Bonchev–Trinajstić information content (AvgIpc) is 4.27. The van der Waals surface area contributed by atoms with Crippen LogP contribution in [0.1, 0.15) is 125 Å². The SMILES string of the molecule is CC(C)c1cc(N(c2ccccc2)c2c(C3CCCC3)ccc3c2oc2ccccc23)c2ccc3c(C(C)C)cc(N(c4ccccc4)c4c(C5CCCC5)ccc5c4oc4ccccc45)c4ccc1c2c34. The number of rotatable bonds is 10. The summed E-state index contributed by atoms with van der Waals surface area (Å²) in [6.45, 7) is 9.47. The molecule has 0 N–H and O–H groups in total. The number of anilines is 6. The topological polar surface area (TPSA) is 32.8 Å². The van der Waals surface area contributed by atoms with E-state index in [-0.39, 0.29) is 11.8 Å². The molecule has 0 saturated heterocycles. The molecule has 10 aromatic carbocycles. The fourth-order valence-electron chi connectivity index (χ4n) is 13.4. The van der Waals surface area contributed by atoms with Crippen LogP contribution >= 0.6 is 0 Å². The van der Waals surface area contributed by atoms with Crippen molar-refractivity contribution < 1.29 is 8.83 Å². The molecule has 12 aromatic rings. The third kappa shape index (κ3) is 6.64. The van der Waals surface area contributed by atoms with Gasteiger partial charge < -0.3 is 18.6 Å². The smallest absolute Gasteiger partial charge is 0.159 e. The van der Waals surface area contributed by atoms with E-state index in [1.54, 1.807) is 0 Å². The van der Waals surface area contributed by atoms with Gasteiger partial charge in [-0.25, -0.2) is 0 Å². The maximum absolute atomic E-state index is 7.12. The first-order valence-electron chi connectivity index (χ1n) is 26.8. The van der Waals surface area contributed by atoms with E-state index in [1.165, 1.54) is 129 Å². The molecule has 0 spiro atoms. The molecule has 72 heavy (non-hydrogen) atoms. The van der Waals surface area contributed by atoms with Crippen molar-refractivity contribution in [1.82, 2.24) is 0 Å². The van der Waals surface area contributed by atoms with Gasteiger partial charge in [-0.1, -0.05) is 175 Å². The Morgan fingerprint density at radius 3 is 1.14 bits per heavy atom. The monoisotopic (exact) mass is 936 g/mol. The minimum atomic E-state index is 0.256. The lowest BCUT2D eigenvalue weighted by atomic mass is 9.83. The molecule has 2 aliphatic rings. The minimum Gasteiger partial charge on any atom is -0.454 e. The highest BCUT2D eigenvalue weighted by Gasteiger charge is 2.33. The van der Waals surface area contributed by atoms with E-state index >= 15 is 0 Å². The Morgan fingerprint density at radius 2 is 0.736 bits per heavy atom. The van der Waals surface area contributed by atoms with Crippen LogP contribution in [-0.2, 0) is 0 Å². The number of furan rings is 2. The van der Waals surface area contributed by atoms with E-state index in [0.717, 1.165) is 55.3 Å². The lowest BCUT2D eigenvalue weighted by Crippen LogP contribution is -2.16. The Labute approximate surface area is 421 Å². The molecule has 4 nitrogen and oxygen atoms in total. The number of para-hydroxylation sites is 4. The maximum atomic E-state index is 7.12. The third-order valence-electron chi connectivity index (χ3n) is 16.8. The second-order valence-corrected chi connectivity index (χ2v) is 21.6. The van der Waals surface area contributed by atoms with Gasteiger partial charge in [0.05, 0.1) is 22.7 Å². The Bertz CT molecular complexity index is 3750. The summed E-state index contributed by atoms with van der Waals surface area (Å²) in [6.07, 6.45) is 9.71. The Hall–Kier alpha value is -7.56. The zero-order valence-electron chi connectivity index (χ0n) is 41.8. The summed E-state index contributed by atoms with van der Waals surface area (Å²) in [5.74, 6) is 1.40. The van der Waals surface area contributed by atoms with Gasteiger partial charge in [-0.3, -0.25) is 0 Å². The van der Waals surface area contributed by atoms with Gasteiger partial charge in [-0.15, -0.1) is 0 Å². The molecule has 2 aromatic heterocycles. The lowest BCUT2D eigenvalue weighted by Gasteiger charge is -2.33. The third-order valence-corrected chi connectivity index (χ3v) is 16.8. The molecule has 2 heterocycles. The predicted molar refractivity (Wildman–Crippen MR) is 305 cm³/mol. The number of nitrogens with zero attached hydrogens (tertiary/aromatic N) is 2. The number of hydrogen-bond acceptors (Lipinski definition) is 4. The molecule has 2 saturated carbocycles. The van der Waals surface area contributed by atoms with E-state index in [9.17, 15) is 0 Å². The van der Waals surface area contributed by atoms with Crippen molar-refractivity contribution in [3.63, 3.8) is 0 Å². The zero-order valence-corrected chi connectivity index (χ0v) is 41.8. The van der Waals surface area contributed by atoms with Gasteiger partial charge in [0.25, 0.3) is 0 Å². The summed E-state index contributed by atoms with van der Waals surface area (Å²) in [5.41, 5.74) is 16.2. The van der Waals surface area contributed by atoms with Gasteiger partial charge in [0.15, 0.2) is 11.2 Å². The highest BCUT2D eigenvalue weighted by Crippen LogP contribution is 2.56. The molecular formula is C68H60N2O2. The molecule has 0 bridgehead atoms. The molecule has 0 unspecified atom stereocenters. The standard InChI is InChI=1S/C68H60N2O2/c1-41(2)57-39-59(69(45-23-7-5-8-24-45)65-47(43-19-11-12-20-43)31-35-53-49-27-15-17-29-61(49)71-67(53)65)55-38-34-52-58(42(3)4)40-60(56-37-33-51(57)63(55)64(52)56)70(46-25-9-6-10-26-46)66-48(44-21-13-14-22-44)32-36-54-50-28-16-18-30-62(50)72-68(54)66/h5-10,15-18,23-44H,11-14,19-22H2,1-4H3. The van der Waals surface area contributed by atoms with Crippen molar-refractivity contribution in [3.05, 3.63) is 192 Å². The Kier molecular flexibility index (Phi) is 10.2. The van der Waals surface area contributed by atoms with Gasteiger partial charge in [0, 0.05) is 43.7 Å². The van der Waals surface area contributed by atoms with Crippen molar-refractivity contribution in [2.75, 3.05) is 9.80 Å². The van der Waals surface area contributed by atoms with Crippen LogP contribution in [0.5, 0.6) is 0 Å². The molecule has 0 radical (unpaired) electrons. The zero-order chi connectivity index (χ0) is 48.2. The highest BCUT2D eigenvalue weighted by atomic mass is 16.3. The van der Waals surface area contributed by atoms with Gasteiger partial charge >= 0.3 is 0 Å². The summed E-state index contributed by atoms with van der Waals surface area (Å²) in [5, 5.41) is 12.4. The first-order valence-corrected chi connectivity index (χ1v) is 26.8. The molecule has 2 aliphatic carbocycles. The average molecular weight is 937 g/mol. The highest BCUT2D eigenvalue weighted by molar-refractivity contribution is 6.30. The van der Waals surface area contributed by atoms with E-state index in [1.807, 2.05) is 0 Å². The van der Waals surface area contributed by atoms with Crippen LogP contribution in [0.2, 0.25) is 0 Å². The molecule has 0 atom stereocenters. The second-order valence-electron chi connectivity index (χ2n) is 21.6. The van der Waals surface area contributed by atoms with E-state index in [0.29, 0.717) is 11.8 Å². The normalized spacial score (nSPS) is 14.9. The van der Waals surface area contributed by atoms with Crippen LogP contribution in [0.25, 0.3) is 76.2 Å². The fourth-order valence-corrected chi connectivity index (χ4v) is 13.4. The van der Waals surface area contributed by atoms with Crippen LogP contribution in [0.15, 0.2) is 179 Å². The van der Waals surface area contributed by atoms with Gasteiger partial charge in [-0.2, -0.15) is 0 Å². The van der Waals surface area contributed by atoms with Crippen LogP contribution in [0, 0.1) is 0 Å². The summed E-state index contributed by atoms with van der Waals surface area (Å²) in [4.78, 5) is 5.18. The van der Waals surface area contributed by atoms with Crippen molar-refractivity contribution in [1.29, 1.82) is 0 Å². The quantitative estimate of drug-likeness (QED) is 0.128. The van der Waals surface area contributed by atoms with Crippen LogP contribution in [0.3, 0.4) is 0 Å². The lowest BCUT2D eigenvalue weighted by molar-refractivity contribution is 0.664. The first-order chi connectivity index (χ1) is 35.4. The molecule has 2 fully saturated rings. The summed E-state index contributed by atoms with van der Waals surface area (Å²) in [7, 11) is 0. The van der Waals surface area contributed by atoms with Crippen molar-refractivity contribution in [2.45, 2.75) is 103 Å². The summed E-state index contributed by atoms with van der Waals surface area (Å²) < 4.78 is 14.2. The van der Waals surface area contributed by atoms with Crippen LogP contribution in [-0.4, -0.2) is 0 Å². The number of hydrogen-bond donors (Lipinski definition) is 0. The van der Waals surface area contributed by atoms with Gasteiger partial charge in [-0.05, 0) is 142 Å².